The molecule has 12 aliphatic carbocycles. The molecule has 0 radical (unpaired) electrons. The maximum Gasteiger partial charge on any atom is 0.276 e. The first-order valence-electron chi connectivity index (χ1n) is 49.8. The average molecular weight is 1770 g/mol. The number of carbonyl (C=O) groups is 1. The minimum Gasteiger partial charge on any atom is -0.417 e. The van der Waals surface area contributed by atoms with Gasteiger partial charge in [-0.3, -0.25) is 4.79 Å². The molecule has 12 aliphatic rings. The van der Waals surface area contributed by atoms with Gasteiger partial charge >= 0.3 is 0 Å². The van der Waals surface area contributed by atoms with Crippen LogP contribution in [0.1, 0.15) is 337 Å². The summed E-state index contributed by atoms with van der Waals surface area (Å²) in [5, 5.41) is 70.8. The number of allylic oxidation sites excluding steroid dienone is 4. The molecule has 13 rings (SSSR count). The lowest BCUT2D eigenvalue weighted by Gasteiger charge is -2.55. The fourth-order valence-corrected chi connectivity index (χ4v) is 31.1. The molecule has 0 bridgehead atoms. The average Bonchev–Trinajstić information content (AvgIpc) is 1.49. The molecule has 18 heteroatoms. The number of Topliss-reactive ketones (excluding diaryl/α,β-unsaturated/α-hetero) is 1. The Bertz CT molecular complexity index is 3830. The number of aliphatic hydroxyl groups excluding tert-OH is 6. The summed E-state index contributed by atoms with van der Waals surface area (Å²) in [4.78, 5) is 15.3. The van der Waals surface area contributed by atoms with Crippen LogP contribution in [0.15, 0.2) is 58.6 Å². The number of hydrazone groups is 1. The number of sulfonamides is 1. The van der Waals surface area contributed by atoms with Crippen molar-refractivity contribution in [1.29, 1.82) is 0 Å². The highest BCUT2D eigenvalue weighted by Gasteiger charge is 2.62. The van der Waals surface area contributed by atoms with E-state index in [2.05, 4.69) is 212 Å². The summed E-state index contributed by atoms with van der Waals surface area (Å²) in [6.45, 7) is 65.5. The van der Waals surface area contributed by atoms with E-state index in [9.17, 15) is 43.9 Å². The van der Waals surface area contributed by atoms with Crippen LogP contribution < -0.4 is 4.83 Å². The van der Waals surface area contributed by atoms with Crippen molar-refractivity contribution < 1.29 is 57.1 Å². The largest absolute Gasteiger partial charge is 0.417 e. The molecule has 1 aromatic carbocycles. The number of fused-ring (bicyclic) bond motifs is 4. The minimum atomic E-state index is -3.73. The van der Waals surface area contributed by atoms with E-state index in [1.807, 2.05) is 6.92 Å². The second kappa shape index (κ2) is 38.7. The minimum absolute atomic E-state index is 0.0469. The van der Waals surface area contributed by atoms with Crippen molar-refractivity contribution in [3.8, 4) is 0 Å². The van der Waals surface area contributed by atoms with E-state index >= 15 is 0 Å². The standard InChI is InChI=1S/C33H56N2O4SSi.C26H48O3Si.C26H48O2Si.C19H32O3/c1-23-10-12-26(13-11-23)40(37,38)35-34-29-15-14-27-30(36)28(17-20-33(27,29)7)32(6)19-16-24(2)22-25(32)18-21-39-41(8,9)31(3,4)5;1-18-11-14-25(5,19(17-18)13-16-29-30(7,8)24(2,3)4)21-12-15-26(6)20(23(21)28)9-10-22(26)27;1-19-11-16-26(6,20(18-19)13-17-28-29(7,8)24(2,3)4)22-12-15-25(5)14-9-10-21(25)23(22)27;1-18-8-3-4-15(18)17(22)16(6-9-18)19(2)10-5-14(21)12-13(19)7-11-20/h10-13,24-25,27-28,30,35-36H,14-22H2,1-9H3;18-21,23,28H,9-17H2,1-8H3;9,14,19-23,27H,10-13,15-18H2,1-8H3;3,8,13-17,20-22H,4-7,9-12H2,1-2H3/b34-29+;;;/t24-,25-,27?,28?,30-,32-,33-;18-,19-,20?,21?,23-,25-,26-;19-,20-,21?,22?,23-,25-,26-;13-,14-,15?,16?,17-,18-,19-/m0000/s1. The number of aliphatic hydroxyl groups is 6. The van der Waals surface area contributed by atoms with E-state index in [4.69, 9.17) is 13.3 Å². The van der Waals surface area contributed by atoms with Crippen molar-refractivity contribution in [2.45, 2.75) is 428 Å². The van der Waals surface area contributed by atoms with Crippen molar-refractivity contribution in [3.05, 3.63) is 54.1 Å². The van der Waals surface area contributed by atoms with Gasteiger partial charge in [-0.1, -0.05) is 200 Å². The number of carbonyl (C=O) groups excluding carboxylic acids is 1. The van der Waals surface area contributed by atoms with Gasteiger partial charge in [-0.05, 0) is 362 Å². The number of nitrogens with zero attached hydrogens (tertiary/aromatic N) is 1. The van der Waals surface area contributed by atoms with Crippen molar-refractivity contribution in [3.63, 3.8) is 0 Å². The van der Waals surface area contributed by atoms with Crippen LogP contribution in [0.3, 0.4) is 0 Å². The lowest BCUT2D eigenvalue weighted by atomic mass is 9.51. The van der Waals surface area contributed by atoms with Gasteiger partial charge in [0, 0.05) is 49.4 Å². The fourth-order valence-electron chi connectivity index (χ4n) is 27.1. The van der Waals surface area contributed by atoms with E-state index in [1.165, 1.54) is 64.2 Å². The Morgan fingerprint density at radius 2 is 0.770 bits per heavy atom. The third-order valence-electron chi connectivity index (χ3n) is 39.6. The predicted octanol–water partition coefficient (Wildman–Crippen LogP) is 24.4. The first kappa shape index (κ1) is 102. The molecule has 7 N–H and O–H groups in total. The van der Waals surface area contributed by atoms with Crippen LogP contribution in [-0.2, 0) is 28.1 Å². The number of benzene rings is 1. The molecule has 0 heterocycles. The molecule has 0 spiro atoms. The second-order valence-electron chi connectivity index (χ2n) is 50.1. The van der Waals surface area contributed by atoms with Gasteiger partial charge in [-0.25, -0.2) is 4.83 Å². The molecule has 0 amide bonds. The molecule has 28 atom stereocenters. The van der Waals surface area contributed by atoms with Gasteiger partial charge in [-0.15, -0.1) is 0 Å². The summed E-state index contributed by atoms with van der Waals surface area (Å²) in [5.41, 5.74) is 2.29. The third kappa shape index (κ3) is 21.4. The Balaban J connectivity index is 0.000000174. The van der Waals surface area contributed by atoms with Gasteiger partial charge in [0.15, 0.2) is 25.0 Å². The molecule has 0 saturated heterocycles. The van der Waals surface area contributed by atoms with Crippen molar-refractivity contribution >= 4 is 46.5 Å². The van der Waals surface area contributed by atoms with E-state index < -0.39 is 41.1 Å². The molecule has 122 heavy (non-hydrogen) atoms. The van der Waals surface area contributed by atoms with Crippen molar-refractivity contribution in [1.82, 2.24) is 4.83 Å². The molecule has 10 fully saturated rings. The number of hydrogen-bond acceptors (Lipinski definition) is 13. The summed E-state index contributed by atoms with van der Waals surface area (Å²) in [5.74, 6) is 7.18. The molecule has 1 aromatic rings. The van der Waals surface area contributed by atoms with Gasteiger partial charge in [0.25, 0.3) is 10.0 Å². The van der Waals surface area contributed by atoms with Gasteiger partial charge in [0.1, 0.15) is 5.78 Å². The Morgan fingerprint density at radius 3 is 1.15 bits per heavy atom. The Kier molecular flexibility index (Phi) is 32.4. The maximum atomic E-state index is 12.9. The van der Waals surface area contributed by atoms with Crippen LogP contribution >= 0.6 is 0 Å². The number of rotatable bonds is 21. The van der Waals surface area contributed by atoms with Gasteiger partial charge < -0.3 is 43.9 Å². The first-order valence-corrected chi connectivity index (χ1v) is 60.0. The van der Waals surface area contributed by atoms with Crippen LogP contribution in [0.25, 0.3) is 0 Å². The SMILES string of the molecule is C[C@@]12C=CCC1[C@H](O)C([C@@]1(C)CC[C@H](O)C[C@@H]1CCO)CC2.C[C@H]1CC[C@](C)(C2CC[C@]3(C)C(=O)CCC3[C@@H]2O)[C@@H](CCO[Si](C)(C)C(C)(C)C)C1.C[C@H]1CC[C@](C)(C2CC[C@]3(C)C=CCC3[C@@H]2O)[C@@H](CCO[Si](C)(C)C(C)(C)C)C1.Cc1ccc(S(=O)(=O)N/N=C2\CCC3[C@H](O)C([C@@]4(C)CC[C@H](C)C[C@@H]4CCO[Si](C)(C)C(C)(C)C)CC[C@]23C)cc1. The van der Waals surface area contributed by atoms with E-state index in [0.717, 1.165) is 165 Å². The molecule has 0 aromatic heterocycles. The van der Waals surface area contributed by atoms with Gasteiger partial charge in [0.2, 0.25) is 0 Å². The molecular weight excluding hydrogens is 1590 g/mol. The fraction of sp³-hybridized carbons (Fsp3) is 0.885. The molecule has 8 unspecified atom stereocenters. The Morgan fingerprint density at radius 1 is 0.434 bits per heavy atom. The number of aryl methyl sites for hydroxylation is 1. The third-order valence-corrected chi connectivity index (χ3v) is 54.4. The molecular formula is C104H184N2O12SSi3. The number of nitrogens with one attached hydrogen (secondary N) is 1. The number of ketones is 1. The zero-order valence-electron chi connectivity index (χ0n) is 82.7. The highest BCUT2D eigenvalue weighted by molar-refractivity contribution is 7.89. The Hall–Kier alpha value is -1.92. The van der Waals surface area contributed by atoms with E-state index in [1.54, 1.807) is 24.3 Å². The van der Waals surface area contributed by atoms with E-state index in [-0.39, 0.29) is 112 Å². The Labute approximate surface area is 749 Å². The molecule has 10 saturated carbocycles. The highest BCUT2D eigenvalue weighted by atomic mass is 32.2. The normalized spacial score (nSPS) is 42.3. The van der Waals surface area contributed by atoms with Crippen molar-refractivity contribution in [2.75, 3.05) is 26.4 Å². The van der Waals surface area contributed by atoms with Crippen LogP contribution in [0.4, 0.5) is 0 Å². The summed E-state index contributed by atoms with van der Waals surface area (Å²) in [6, 6.07) is 6.83. The van der Waals surface area contributed by atoms with Crippen LogP contribution in [0.2, 0.25) is 54.4 Å². The zero-order valence-corrected chi connectivity index (χ0v) is 86.5. The van der Waals surface area contributed by atoms with Crippen LogP contribution in [0.5, 0.6) is 0 Å². The smallest absolute Gasteiger partial charge is 0.276 e. The van der Waals surface area contributed by atoms with Crippen LogP contribution in [0, 0.1) is 139 Å². The number of hydrogen-bond donors (Lipinski definition) is 7. The lowest BCUT2D eigenvalue weighted by Crippen LogP contribution is -2.53. The predicted molar refractivity (Wildman–Crippen MR) is 512 cm³/mol. The highest BCUT2D eigenvalue weighted by Crippen LogP contribution is 2.65. The lowest BCUT2D eigenvalue weighted by molar-refractivity contribution is -0.143. The van der Waals surface area contributed by atoms with Crippen LogP contribution in [-0.4, -0.2) is 132 Å². The zero-order chi connectivity index (χ0) is 90.6. The monoisotopic (exact) mass is 1770 g/mol. The first-order chi connectivity index (χ1) is 56.3. The molecule has 14 nitrogen and oxygen atoms in total. The maximum absolute atomic E-state index is 12.9. The van der Waals surface area contributed by atoms with Gasteiger partial charge in [-0.2, -0.15) is 13.5 Å². The van der Waals surface area contributed by atoms with E-state index in [0.29, 0.717) is 71.4 Å². The summed E-state index contributed by atoms with van der Waals surface area (Å²) < 4.78 is 45.6. The quantitative estimate of drug-likeness (QED) is 0.0347. The molecule has 0 aliphatic heterocycles. The summed E-state index contributed by atoms with van der Waals surface area (Å²) in [6.07, 6.45) is 39.5. The van der Waals surface area contributed by atoms with Gasteiger partial charge in [0.05, 0.1) is 35.4 Å². The summed E-state index contributed by atoms with van der Waals surface area (Å²) >= 11 is 0. The second-order valence-corrected chi connectivity index (χ2v) is 66.2. The van der Waals surface area contributed by atoms with Crippen molar-refractivity contribution in [2.24, 2.45) is 137 Å². The topological polar surface area (TPSA) is 225 Å². The summed E-state index contributed by atoms with van der Waals surface area (Å²) in [7, 11) is -8.95. The molecule has 700 valence electrons.